The Morgan fingerprint density at radius 3 is 2.48 bits per heavy atom. The van der Waals surface area contributed by atoms with Gasteiger partial charge in [-0.25, -0.2) is 0 Å². The molecule has 0 fully saturated rings. The maximum atomic E-state index is 12.8. The number of aryl methyl sites for hydroxylation is 1. The summed E-state index contributed by atoms with van der Waals surface area (Å²) in [5.74, 6) is 1.68. The van der Waals surface area contributed by atoms with Gasteiger partial charge in [0.1, 0.15) is 0 Å². The summed E-state index contributed by atoms with van der Waals surface area (Å²) in [6, 6.07) is 17.9. The van der Waals surface area contributed by atoms with Gasteiger partial charge in [0.05, 0.1) is 0 Å². The van der Waals surface area contributed by atoms with E-state index in [2.05, 4.69) is 52.1 Å². The molecule has 2 aromatic carbocycles. The number of carbonyl (C=O) groups excluding carboxylic acids is 1. The number of aromatic nitrogens is 2. The van der Waals surface area contributed by atoms with E-state index in [1.54, 1.807) is 0 Å². The van der Waals surface area contributed by atoms with Gasteiger partial charge >= 0.3 is 0 Å². The highest BCUT2D eigenvalue weighted by Gasteiger charge is 2.17. The summed E-state index contributed by atoms with van der Waals surface area (Å²) >= 11 is 3.42. The van der Waals surface area contributed by atoms with Crippen LogP contribution in [0.5, 0.6) is 0 Å². The maximum absolute atomic E-state index is 12.8. The zero-order valence-electron chi connectivity index (χ0n) is 16.8. The Balaban J connectivity index is 1.58. The topological polar surface area (TPSA) is 59.2 Å². The van der Waals surface area contributed by atoms with Gasteiger partial charge in [0.15, 0.2) is 0 Å². The largest absolute Gasteiger partial charge is 0.342 e. The second kappa shape index (κ2) is 10.3. The number of benzene rings is 2. The lowest BCUT2D eigenvalue weighted by molar-refractivity contribution is -0.131. The maximum Gasteiger partial charge on any atom is 0.228 e. The first kappa shape index (κ1) is 21.2. The zero-order chi connectivity index (χ0) is 20.6. The van der Waals surface area contributed by atoms with E-state index < -0.39 is 0 Å². The molecule has 0 aliphatic rings. The zero-order valence-corrected chi connectivity index (χ0v) is 18.4. The van der Waals surface area contributed by atoms with Crippen molar-refractivity contribution >= 4 is 21.8 Å². The third-order valence-corrected chi connectivity index (χ3v) is 5.10. The number of hydrogen-bond acceptors (Lipinski definition) is 4. The first-order valence-corrected chi connectivity index (χ1v) is 10.7. The van der Waals surface area contributed by atoms with Crippen molar-refractivity contribution in [1.82, 2.24) is 15.0 Å². The third-order valence-electron chi connectivity index (χ3n) is 4.57. The number of carbonyl (C=O) groups is 1. The van der Waals surface area contributed by atoms with Crippen LogP contribution >= 0.6 is 15.9 Å². The molecule has 1 amide bonds. The molecule has 0 aliphatic carbocycles. The Morgan fingerprint density at radius 1 is 1.07 bits per heavy atom. The van der Waals surface area contributed by atoms with Gasteiger partial charge in [-0.05, 0) is 42.2 Å². The van der Waals surface area contributed by atoms with Gasteiger partial charge in [-0.3, -0.25) is 4.79 Å². The molecule has 3 rings (SSSR count). The van der Waals surface area contributed by atoms with Crippen LogP contribution in [0.25, 0.3) is 11.4 Å². The number of rotatable bonds is 9. The highest BCUT2D eigenvalue weighted by atomic mass is 79.9. The van der Waals surface area contributed by atoms with E-state index in [0.29, 0.717) is 37.0 Å². The molecule has 0 saturated heterocycles. The monoisotopic (exact) mass is 455 g/mol. The van der Waals surface area contributed by atoms with Gasteiger partial charge in [0, 0.05) is 36.0 Å². The van der Waals surface area contributed by atoms with Crippen LogP contribution in [-0.2, 0) is 17.6 Å². The first-order valence-electron chi connectivity index (χ1n) is 9.91. The predicted molar refractivity (Wildman–Crippen MR) is 117 cm³/mol. The van der Waals surface area contributed by atoms with Crippen LogP contribution in [0.15, 0.2) is 63.6 Å². The minimum absolute atomic E-state index is 0.162. The minimum Gasteiger partial charge on any atom is -0.342 e. The normalized spacial score (nSPS) is 11.0. The lowest BCUT2D eigenvalue weighted by Gasteiger charge is -2.24. The van der Waals surface area contributed by atoms with Crippen LogP contribution in [0, 0.1) is 5.92 Å². The summed E-state index contributed by atoms with van der Waals surface area (Å²) in [6.07, 6.45) is 1.81. The molecule has 0 spiro atoms. The summed E-state index contributed by atoms with van der Waals surface area (Å²) in [5.41, 5.74) is 2.09. The van der Waals surface area contributed by atoms with E-state index in [0.717, 1.165) is 23.0 Å². The fraction of sp³-hybridized carbons (Fsp3) is 0.348. The summed E-state index contributed by atoms with van der Waals surface area (Å²) in [5, 5.41) is 4.07. The van der Waals surface area contributed by atoms with Crippen molar-refractivity contribution in [2.24, 2.45) is 5.92 Å². The Hall–Kier alpha value is -2.47. The molecule has 0 N–H and O–H groups in total. The quantitative estimate of drug-likeness (QED) is 0.447. The van der Waals surface area contributed by atoms with Crippen LogP contribution in [0.3, 0.4) is 0 Å². The summed E-state index contributed by atoms with van der Waals surface area (Å²) in [7, 11) is 0. The van der Waals surface area contributed by atoms with Crippen LogP contribution in [0.1, 0.15) is 31.7 Å². The molecule has 152 valence electrons. The Morgan fingerprint density at radius 2 is 1.79 bits per heavy atom. The van der Waals surface area contributed by atoms with Crippen molar-refractivity contribution in [3.8, 4) is 11.4 Å². The Labute approximate surface area is 180 Å². The van der Waals surface area contributed by atoms with Crippen molar-refractivity contribution in [3.63, 3.8) is 0 Å². The average molecular weight is 456 g/mol. The predicted octanol–water partition coefficient (Wildman–Crippen LogP) is 5.16. The van der Waals surface area contributed by atoms with Crippen molar-refractivity contribution < 1.29 is 9.32 Å². The molecule has 1 aromatic heterocycles. The molecule has 0 radical (unpaired) electrons. The van der Waals surface area contributed by atoms with Gasteiger partial charge in [0.2, 0.25) is 17.6 Å². The van der Waals surface area contributed by atoms with Crippen molar-refractivity contribution in [1.29, 1.82) is 0 Å². The number of hydrogen-bond donors (Lipinski definition) is 0. The molecule has 6 heteroatoms. The Bertz CT molecular complexity index is 907. The third kappa shape index (κ3) is 6.53. The SMILES string of the molecule is CC(C)CN(CCc1nc(-c2ccc(Br)cc2)no1)C(=O)CCc1ccccc1. The van der Waals surface area contributed by atoms with Crippen molar-refractivity contribution in [3.05, 3.63) is 70.5 Å². The fourth-order valence-electron chi connectivity index (χ4n) is 3.12. The molecule has 0 aliphatic heterocycles. The van der Waals surface area contributed by atoms with E-state index in [1.807, 2.05) is 47.4 Å². The highest BCUT2D eigenvalue weighted by Crippen LogP contribution is 2.19. The number of nitrogens with zero attached hydrogens (tertiary/aromatic N) is 3. The molecule has 5 nitrogen and oxygen atoms in total. The van der Waals surface area contributed by atoms with E-state index >= 15 is 0 Å². The summed E-state index contributed by atoms with van der Waals surface area (Å²) < 4.78 is 6.41. The molecule has 0 atom stereocenters. The molecule has 0 unspecified atom stereocenters. The smallest absolute Gasteiger partial charge is 0.228 e. The van der Waals surface area contributed by atoms with Crippen LogP contribution in [0.2, 0.25) is 0 Å². The van der Waals surface area contributed by atoms with Crippen LogP contribution in [0.4, 0.5) is 0 Å². The fourth-order valence-corrected chi connectivity index (χ4v) is 3.38. The number of halogens is 1. The molecular weight excluding hydrogens is 430 g/mol. The van der Waals surface area contributed by atoms with Gasteiger partial charge in [-0.2, -0.15) is 4.98 Å². The first-order chi connectivity index (χ1) is 14.0. The van der Waals surface area contributed by atoms with E-state index in [4.69, 9.17) is 4.52 Å². The standard InChI is InChI=1S/C23H26BrN3O2/c1-17(2)16-27(22(28)13-8-18-6-4-3-5-7-18)15-14-21-25-23(26-29-21)19-9-11-20(24)12-10-19/h3-7,9-12,17H,8,13-16H2,1-2H3. The number of amides is 1. The van der Waals surface area contributed by atoms with E-state index in [-0.39, 0.29) is 5.91 Å². The minimum atomic E-state index is 0.162. The summed E-state index contributed by atoms with van der Waals surface area (Å²) in [4.78, 5) is 19.2. The highest BCUT2D eigenvalue weighted by molar-refractivity contribution is 9.10. The lowest BCUT2D eigenvalue weighted by Crippen LogP contribution is -2.36. The Kier molecular flexibility index (Phi) is 7.58. The molecule has 3 aromatic rings. The van der Waals surface area contributed by atoms with Crippen molar-refractivity contribution in [2.75, 3.05) is 13.1 Å². The second-order valence-electron chi connectivity index (χ2n) is 7.49. The lowest BCUT2D eigenvalue weighted by atomic mass is 10.1. The van der Waals surface area contributed by atoms with E-state index in [9.17, 15) is 4.79 Å². The van der Waals surface area contributed by atoms with Gasteiger partial charge in [0.25, 0.3) is 0 Å². The van der Waals surface area contributed by atoms with Crippen LogP contribution in [-0.4, -0.2) is 34.0 Å². The summed E-state index contributed by atoms with van der Waals surface area (Å²) in [6.45, 7) is 5.54. The molecule has 0 saturated carbocycles. The van der Waals surface area contributed by atoms with Crippen molar-refractivity contribution in [2.45, 2.75) is 33.1 Å². The van der Waals surface area contributed by atoms with Gasteiger partial charge < -0.3 is 9.42 Å². The molecule has 1 heterocycles. The van der Waals surface area contributed by atoms with Gasteiger partial charge in [-0.15, -0.1) is 0 Å². The molecule has 29 heavy (non-hydrogen) atoms. The molecule has 0 bridgehead atoms. The van der Waals surface area contributed by atoms with E-state index in [1.165, 1.54) is 5.56 Å². The van der Waals surface area contributed by atoms with Crippen LogP contribution < -0.4 is 0 Å². The second-order valence-corrected chi connectivity index (χ2v) is 8.40. The molecular formula is C23H26BrN3O2. The average Bonchev–Trinajstić information content (AvgIpc) is 3.19. The van der Waals surface area contributed by atoms with Gasteiger partial charge in [-0.1, -0.05) is 65.3 Å².